The van der Waals surface area contributed by atoms with Crippen molar-refractivity contribution < 1.29 is 17.9 Å². The van der Waals surface area contributed by atoms with Crippen molar-refractivity contribution in [1.82, 2.24) is 13.6 Å². The van der Waals surface area contributed by atoms with Gasteiger partial charge in [-0.1, -0.05) is 6.07 Å². The van der Waals surface area contributed by atoms with Gasteiger partial charge in [0.25, 0.3) is 10.2 Å². The number of nitrogens with zero attached hydrogens (tertiary/aromatic N) is 3. The van der Waals surface area contributed by atoms with Crippen LogP contribution in [0.5, 0.6) is 0 Å². The summed E-state index contributed by atoms with van der Waals surface area (Å²) in [5.41, 5.74) is 0.966. The summed E-state index contributed by atoms with van der Waals surface area (Å²) in [5, 5.41) is 0. The van der Waals surface area contributed by atoms with E-state index in [-0.39, 0.29) is 18.2 Å². The van der Waals surface area contributed by atoms with Crippen molar-refractivity contribution in [2.45, 2.75) is 37.7 Å². The van der Waals surface area contributed by atoms with Gasteiger partial charge in [-0.05, 0) is 24.5 Å². The molecule has 3 rings (SSSR count). The topological polar surface area (TPSA) is 72.0 Å². The summed E-state index contributed by atoms with van der Waals surface area (Å²) in [6, 6.07) is 3.65. The number of ether oxygens (including phenoxy) is 2. The molecule has 3 heterocycles. The molecular formula is C15H23N3O4S. The van der Waals surface area contributed by atoms with Crippen LogP contribution in [0, 0.1) is 0 Å². The predicted molar refractivity (Wildman–Crippen MR) is 84.9 cm³/mol. The van der Waals surface area contributed by atoms with Crippen LogP contribution >= 0.6 is 0 Å². The molecule has 1 aromatic heterocycles. The molecule has 8 heteroatoms. The standard InChI is InChI=1S/C15H23N3O4S/c1-17(2)23(19,20)18-10-14(15-13(18)6-4-8-21-15)22-11-12-5-3-7-16-9-12/h3,5,7,9,13-15H,4,6,8,10-11H2,1-2H3/t13-,14+,15-/m0/s1. The molecule has 0 N–H and O–H groups in total. The first-order valence-corrected chi connectivity index (χ1v) is 9.21. The molecule has 1 aromatic rings. The Kier molecular flexibility index (Phi) is 4.98. The summed E-state index contributed by atoms with van der Waals surface area (Å²) in [6.07, 6.45) is 4.69. The predicted octanol–water partition coefficient (Wildman–Crippen LogP) is 0.636. The molecule has 128 valence electrons. The Morgan fingerprint density at radius 3 is 3.00 bits per heavy atom. The summed E-state index contributed by atoms with van der Waals surface area (Å²) < 4.78 is 39.7. The molecular weight excluding hydrogens is 318 g/mol. The fourth-order valence-electron chi connectivity index (χ4n) is 3.18. The molecule has 2 saturated heterocycles. The normalized spacial score (nSPS) is 28.9. The molecule has 0 amide bonds. The molecule has 0 aliphatic carbocycles. The van der Waals surface area contributed by atoms with Crippen LogP contribution in [-0.4, -0.2) is 67.5 Å². The van der Waals surface area contributed by atoms with Gasteiger partial charge in [0.1, 0.15) is 6.10 Å². The zero-order valence-electron chi connectivity index (χ0n) is 13.5. The van der Waals surface area contributed by atoms with Gasteiger partial charge in [0, 0.05) is 39.6 Å². The summed E-state index contributed by atoms with van der Waals surface area (Å²) >= 11 is 0. The third kappa shape index (κ3) is 3.41. The van der Waals surface area contributed by atoms with Crippen molar-refractivity contribution in [3.8, 4) is 0 Å². The SMILES string of the molecule is CN(C)S(=O)(=O)N1C[C@@H](OCc2cccnc2)[C@H]2OCCC[C@@H]21. The highest BCUT2D eigenvalue weighted by Gasteiger charge is 2.49. The van der Waals surface area contributed by atoms with Crippen molar-refractivity contribution in [1.29, 1.82) is 0 Å². The van der Waals surface area contributed by atoms with E-state index in [0.29, 0.717) is 19.8 Å². The minimum Gasteiger partial charge on any atom is -0.374 e. The van der Waals surface area contributed by atoms with Crippen molar-refractivity contribution >= 4 is 10.2 Å². The Hall–Kier alpha value is -1.06. The van der Waals surface area contributed by atoms with Crippen molar-refractivity contribution in [2.75, 3.05) is 27.2 Å². The Labute approximate surface area is 137 Å². The van der Waals surface area contributed by atoms with Crippen LogP contribution in [0.4, 0.5) is 0 Å². The average Bonchev–Trinajstić information content (AvgIpc) is 2.93. The molecule has 7 nitrogen and oxygen atoms in total. The van der Waals surface area contributed by atoms with Gasteiger partial charge in [-0.3, -0.25) is 4.98 Å². The number of hydrogen-bond acceptors (Lipinski definition) is 5. The molecule has 2 fully saturated rings. The van der Waals surface area contributed by atoms with E-state index in [9.17, 15) is 8.42 Å². The second kappa shape index (κ2) is 6.82. The molecule has 23 heavy (non-hydrogen) atoms. The molecule has 0 aromatic carbocycles. The summed E-state index contributed by atoms with van der Waals surface area (Å²) in [5.74, 6) is 0. The zero-order valence-corrected chi connectivity index (χ0v) is 14.3. The highest BCUT2D eigenvalue weighted by molar-refractivity contribution is 7.86. The second-order valence-corrected chi connectivity index (χ2v) is 8.21. The second-order valence-electron chi connectivity index (χ2n) is 6.12. The fourth-order valence-corrected chi connectivity index (χ4v) is 4.50. The quantitative estimate of drug-likeness (QED) is 0.786. The maximum Gasteiger partial charge on any atom is 0.281 e. The lowest BCUT2D eigenvalue weighted by atomic mass is 10.0. The first-order valence-electron chi connectivity index (χ1n) is 7.81. The largest absolute Gasteiger partial charge is 0.374 e. The minimum absolute atomic E-state index is 0.143. The van der Waals surface area contributed by atoms with Crippen LogP contribution in [-0.2, 0) is 26.3 Å². The summed E-state index contributed by atoms with van der Waals surface area (Å²) in [6.45, 7) is 1.39. The first-order chi connectivity index (χ1) is 11.0. The van der Waals surface area contributed by atoms with Crippen LogP contribution in [0.15, 0.2) is 24.5 Å². The lowest BCUT2D eigenvalue weighted by molar-refractivity contribution is -0.0802. The number of fused-ring (bicyclic) bond motifs is 1. The van der Waals surface area contributed by atoms with Gasteiger partial charge in [0.05, 0.1) is 18.8 Å². The van der Waals surface area contributed by atoms with Crippen LogP contribution in [0.2, 0.25) is 0 Å². The van der Waals surface area contributed by atoms with Crippen LogP contribution in [0.25, 0.3) is 0 Å². The molecule has 2 aliphatic rings. The van der Waals surface area contributed by atoms with E-state index in [0.717, 1.165) is 18.4 Å². The van der Waals surface area contributed by atoms with E-state index in [4.69, 9.17) is 9.47 Å². The Balaban J connectivity index is 1.74. The molecule has 0 bridgehead atoms. The monoisotopic (exact) mass is 341 g/mol. The number of pyridine rings is 1. The van der Waals surface area contributed by atoms with Gasteiger partial charge in [0.15, 0.2) is 0 Å². The zero-order chi connectivity index (χ0) is 16.4. The summed E-state index contributed by atoms with van der Waals surface area (Å²) in [4.78, 5) is 4.06. The van der Waals surface area contributed by atoms with E-state index < -0.39 is 10.2 Å². The molecule has 2 aliphatic heterocycles. The number of rotatable bonds is 5. The Morgan fingerprint density at radius 1 is 1.48 bits per heavy atom. The van der Waals surface area contributed by atoms with Gasteiger partial charge >= 0.3 is 0 Å². The van der Waals surface area contributed by atoms with E-state index >= 15 is 0 Å². The number of aromatic nitrogens is 1. The smallest absolute Gasteiger partial charge is 0.281 e. The van der Waals surface area contributed by atoms with Gasteiger partial charge in [0.2, 0.25) is 0 Å². The molecule has 0 radical (unpaired) electrons. The highest BCUT2D eigenvalue weighted by atomic mass is 32.2. The molecule has 3 atom stereocenters. The molecule has 0 unspecified atom stereocenters. The Morgan fingerprint density at radius 2 is 2.30 bits per heavy atom. The third-order valence-electron chi connectivity index (χ3n) is 4.37. The van der Waals surface area contributed by atoms with E-state index in [2.05, 4.69) is 4.98 Å². The number of hydrogen-bond donors (Lipinski definition) is 0. The summed E-state index contributed by atoms with van der Waals surface area (Å²) in [7, 11) is -0.362. The van der Waals surface area contributed by atoms with Crippen molar-refractivity contribution in [3.05, 3.63) is 30.1 Å². The van der Waals surface area contributed by atoms with Gasteiger partial charge < -0.3 is 9.47 Å². The maximum atomic E-state index is 12.5. The van der Waals surface area contributed by atoms with Crippen molar-refractivity contribution in [2.24, 2.45) is 0 Å². The molecule has 0 spiro atoms. The first kappa shape index (κ1) is 16.8. The lowest BCUT2D eigenvalue weighted by Gasteiger charge is -2.32. The van der Waals surface area contributed by atoms with Crippen molar-refractivity contribution in [3.63, 3.8) is 0 Å². The van der Waals surface area contributed by atoms with E-state index in [1.54, 1.807) is 26.5 Å². The Bertz CT molecular complexity index is 623. The lowest BCUT2D eigenvalue weighted by Crippen LogP contribution is -2.47. The third-order valence-corrected chi connectivity index (χ3v) is 6.31. The van der Waals surface area contributed by atoms with Gasteiger partial charge in [-0.25, -0.2) is 0 Å². The van der Waals surface area contributed by atoms with Crippen LogP contribution in [0.1, 0.15) is 18.4 Å². The maximum absolute atomic E-state index is 12.5. The highest BCUT2D eigenvalue weighted by Crippen LogP contribution is 2.33. The molecule has 0 saturated carbocycles. The van der Waals surface area contributed by atoms with Gasteiger partial charge in [-0.15, -0.1) is 0 Å². The van der Waals surface area contributed by atoms with E-state index in [1.807, 2.05) is 12.1 Å². The van der Waals surface area contributed by atoms with Gasteiger partial charge in [-0.2, -0.15) is 17.0 Å². The fraction of sp³-hybridized carbons (Fsp3) is 0.667. The van der Waals surface area contributed by atoms with E-state index in [1.165, 1.54) is 8.61 Å². The van der Waals surface area contributed by atoms with Crippen LogP contribution < -0.4 is 0 Å². The van der Waals surface area contributed by atoms with Crippen LogP contribution in [0.3, 0.4) is 0 Å². The average molecular weight is 341 g/mol. The minimum atomic E-state index is -3.47.